The summed E-state index contributed by atoms with van der Waals surface area (Å²) < 4.78 is 5.15. The third-order valence-electron chi connectivity index (χ3n) is 5.64. The predicted molar refractivity (Wildman–Crippen MR) is 113 cm³/mol. The van der Waals surface area contributed by atoms with Crippen molar-refractivity contribution < 1.29 is 19.1 Å². The molecule has 156 valence electrons. The smallest absolute Gasteiger partial charge is 0.253 e. The normalized spacial score (nSPS) is 18.4. The van der Waals surface area contributed by atoms with Crippen LogP contribution in [0.25, 0.3) is 0 Å². The number of ether oxygens (including phenoxy) is 1. The lowest BCUT2D eigenvalue weighted by Crippen LogP contribution is -2.56. The number of Topliss-reactive ketones (excluding diaryl/α,β-unsaturated/α-hetero) is 1. The number of carbonyl (C=O) groups is 3. The second kappa shape index (κ2) is 8.67. The molecule has 7 heteroatoms. The van der Waals surface area contributed by atoms with Gasteiger partial charge in [-0.15, -0.1) is 0 Å². The number of anilines is 1. The van der Waals surface area contributed by atoms with Crippen molar-refractivity contribution in [2.24, 2.45) is 0 Å². The van der Waals surface area contributed by atoms with Gasteiger partial charge in [-0.25, -0.2) is 0 Å². The molecular formula is C23H25N3O4. The Kier molecular flexibility index (Phi) is 5.81. The molecule has 2 heterocycles. The third kappa shape index (κ3) is 4.36. The van der Waals surface area contributed by atoms with Crippen LogP contribution < -0.4 is 15.4 Å². The van der Waals surface area contributed by atoms with Crippen molar-refractivity contribution in [3.8, 4) is 5.75 Å². The highest BCUT2D eigenvalue weighted by Gasteiger charge is 2.29. The number of hydrogen-bond donors (Lipinski definition) is 2. The first-order valence-electron chi connectivity index (χ1n) is 10.1. The molecular weight excluding hydrogens is 382 g/mol. The zero-order chi connectivity index (χ0) is 21.1. The van der Waals surface area contributed by atoms with E-state index in [0.717, 1.165) is 22.6 Å². The maximum atomic E-state index is 13.0. The lowest BCUT2D eigenvalue weighted by molar-refractivity contribution is -0.121. The van der Waals surface area contributed by atoms with E-state index in [4.69, 9.17) is 4.74 Å². The van der Waals surface area contributed by atoms with Gasteiger partial charge in [0.2, 0.25) is 5.91 Å². The van der Waals surface area contributed by atoms with E-state index in [2.05, 4.69) is 10.6 Å². The van der Waals surface area contributed by atoms with Crippen molar-refractivity contribution in [1.29, 1.82) is 0 Å². The van der Waals surface area contributed by atoms with Crippen molar-refractivity contribution in [3.05, 3.63) is 59.2 Å². The van der Waals surface area contributed by atoms with Crippen molar-refractivity contribution in [2.45, 2.75) is 25.3 Å². The Balaban J connectivity index is 1.41. The molecule has 4 rings (SSSR count). The van der Waals surface area contributed by atoms with Gasteiger partial charge in [0.25, 0.3) is 5.91 Å². The summed E-state index contributed by atoms with van der Waals surface area (Å²) in [5.41, 5.74) is 3.26. The van der Waals surface area contributed by atoms with E-state index in [-0.39, 0.29) is 23.6 Å². The zero-order valence-corrected chi connectivity index (χ0v) is 16.9. The highest BCUT2D eigenvalue weighted by Crippen LogP contribution is 2.24. The molecule has 2 aromatic rings. The lowest BCUT2D eigenvalue weighted by Gasteiger charge is -2.33. The first-order valence-corrected chi connectivity index (χ1v) is 10.1. The number of methoxy groups -OCH3 is 1. The SMILES string of the molecule is COc1ccc(CC(=O)C2CN(C(=O)c3ccc4c(c3)CCC(=O)N4)CCN2)cc1. The lowest BCUT2D eigenvalue weighted by atomic mass is 9.99. The number of rotatable bonds is 5. The van der Waals surface area contributed by atoms with Crippen LogP contribution in [0.2, 0.25) is 0 Å². The van der Waals surface area contributed by atoms with Gasteiger partial charge in [0, 0.05) is 43.7 Å². The second-order valence-corrected chi connectivity index (χ2v) is 7.67. The molecule has 0 spiro atoms. The van der Waals surface area contributed by atoms with Crippen LogP contribution in [0, 0.1) is 0 Å². The third-order valence-corrected chi connectivity index (χ3v) is 5.64. The molecule has 2 aromatic carbocycles. The zero-order valence-electron chi connectivity index (χ0n) is 16.9. The summed E-state index contributed by atoms with van der Waals surface area (Å²) in [7, 11) is 1.61. The summed E-state index contributed by atoms with van der Waals surface area (Å²) in [4.78, 5) is 39.1. The number of carbonyl (C=O) groups excluding carboxylic acids is 3. The monoisotopic (exact) mass is 407 g/mol. The Hall–Kier alpha value is -3.19. The van der Waals surface area contributed by atoms with E-state index in [1.165, 1.54) is 0 Å². The highest BCUT2D eigenvalue weighted by molar-refractivity contribution is 5.98. The van der Waals surface area contributed by atoms with Gasteiger partial charge >= 0.3 is 0 Å². The number of fused-ring (bicyclic) bond motifs is 1. The maximum Gasteiger partial charge on any atom is 0.253 e. The van der Waals surface area contributed by atoms with Crippen LogP contribution in [0.4, 0.5) is 5.69 Å². The summed E-state index contributed by atoms with van der Waals surface area (Å²) in [6.07, 6.45) is 1.37. The second-order valence-electron chi connectivity index (χ2n) is 7.67. The quantitative estimate of drug-likeness (QED) is 0.789. The topological polar surface area (TPSA) is 87.7 Å². The Morgan fingerprint density at radius 3 is 2.70 bits per heavy atom. The molecule has 0 aromatic heterocycles. The van der Waals surface area contributed by atoms with Crippen molar-refractivity contribution in [3.63, 3.8) is 0 Å². The molecule has 2 aliphatic rings. The van der Waals surface area contributed by atoms with Crippen molar-refractivity contribution >= 4 is 23.3 Å². The van der Waals surface area contributed by atoms with Crippen LogP contribution in [-0.4, -0.2) is 55.3 Å². The molecule has 1 fully saturated rings. The fraction of sp³-hybridized carbons (Fsp3) is 0.348. The molecule has 7 nitrogen and oxygen atoms in total. The first-order chi connectivity index (χ1) is 14.5. The molecule has 0 aliphatic carbocycles. The molecule has 0 saturated carbocycles. The van der Waals surface area contributed by atoms with Gasteiger partial charge in [0.05, 0.1) is 13.2 Å². The molecule has 1 unspecified atom stereocenters. The molecule has 2 N–H and O–H groups in total. The fourth-order valence-electron chi connectivity index (χ4n) is 3.92. The van der Waals surface area contributed by atoms with Gasteiger partial charge in [-0.05, 0) is 47.9 Å². The average molecular weight is 407 g/mol. The minimum Gasteiger partial charge on any atom is -0.497 e. The van der Waals surface area contributed by atoms with Crippen molar-refractivity contribution in [1.82, 2.24) is 10.2 Å². The van der Waals surface area contributed by atoms with Gasteiger partial charge < -0.3 is 20.3 Å². The van der Waals surface area contributed by atoms with Crippen molar-refractivity contribution in [2.75, 3.05) is 32.1 Å². The molecule has 0 radical (unpaired) electrons. The number of amides is 2. The molecule has 2 aliphatic heterocycles. The van der Waals surface area contributed by atoms with Crippen LogP contribution in [0.5, 0.6) is 5.75 Å². The fourth-order valence-corrected chi connectivity index (χ4v) is 3.92. The van der Waals surface area contributed by atoms with Gasteiger partial charge in [-0.2, -0.15) is 0 Å². The summed E-state index contributed by atoms with van der Waals surface area (Å²) in [5, 5.41) is 6.07. The number of nitrogens with one attached hydrogen (secondary N) is 2. The number of aryl methyl sites for hydroxylation is 1. The van der Waals surface area contributed by atoms with Crippen LogP contribution in [-0.2, 0) is 22.4 Å². The number of hydrogen-bond acceptors (Lipinski definition) is 5. The maximum absolute atomic E-state index is 13.0. The highest BCUT2D eigenvalue weighted by atomic mass is 16.5. The Morgan fingerprint density at radius 2 is 1.93 bits per heavy atom. The Bertz CT molecular complexity index is 971. The predicted octanol–water partition coefficient (Wildman–Crippen LogP) is 1.81. The molecule has 0 bridgehead atoms. The van der Waals surface area contributed by atoms with E-state index in [9.17, 15) is 14.4 Å². The molecule has 30 heavy (non-hydrogen) atoms. The number of benzene rings is 2. The van der Waals surface area contributed by atoms with Crippen LogP contribution in [0.15, 0.2) is 42.5 Å². The van der Waals surface area contributed by atoms with Gasteiger partial charge in [0.1, 0.15) is 5.75 Å². The largest absolute Gasteiger partial charge is 0.497 e. The van der Waals surface area contributed by atoms with E-state index >= 15 is 0 Å². The van der Waals surface area contributed by atoms with Gasteiger partial charge in [-0.1, -0.05) is 12.1 Å². The minimum atomic E-state index is -0.387. The summed E-state index contributed by atoms with van der Waals surface area (Å²) in [6, 6.07) is 12.4. The van der Waals surface area contributed by atoms with E-state index in [1.807, 2.05) is 30.3 Å². The van der Waals surface area contributed by atoms with E-state index in [1.54, 1.807) is 24.1 Å². The van der Waals surface area contributed by atoms with E-state index in [0.29, 0.717) is 44.5 Å². The summed E-state index contributed by atoms with van der Waals surface area (Å²) in [6.45, 7) is 1.48. The molecule has 1 atom stereocenters. The summed E-state index contributed by atoms with van der Waals surface area (Å²) in [5.74, 6) is 0.731. The summed E-state index contributed by atoms with van der Waals surface area (Å²) >= 11 is 0. The van der Waals surface area contributed by atoms with E-state index < -0.39 is 0 Å². The standard InChI is InChI=1S/C23H25N3O4/c1-30-18-6-2-15(3-7-18)12-21(27)20-14-26(11-10-24-20)23(29)17-4-8-19-16(13-17)5-9-22(28)25-19/h2-4,6-8,13,20,24H,5,9-12,14H2,1H3,(H,25,28). The molecule has 2 amide bonds. The first kappa shape index (κ1) is 20.1. The Morgan fingerprint density at radius 1 is 1.13 bits per heavy atom. The number of piperazine rings is 1. The van der Waals surface area contributed by atoms with Crippen LogP contribution in [0.1, 0.15) is 27.9 Å². The number of nitrogens with zero attached hydrogens (tertiary/aromatic N) is 1. The number of ketones is 1. The van der Waals surface area contributed by atoms with Gasteiger partial charge in [0.15, 0.2) is 5.78 Å². The minimum absolute atomic E-state index is 0.00176. The average Bonchev–Trinajstić information content (AvgIpc) is 2.78. The van der Waals surface area contributed by atoms with Crippen LogP contribution in [0.3, 0.4) is 0 Å². The Labute approximate surface area is 175 Å². The molecule has 1 saturated heterocycles. The van der Waals surface area contributed by atoms with Gasteiger partial charge in [-0.3, -0.25) is 14.4 Å². The van der Waals surface area contributed by atoms with Crippen LogP contribution >= 0.6 is 0 Å².